The average Bonchev–Trinajstić information content (AvgIpc) is 1.63. The van der Waals surface area contributed by atoms with Crippen molar-refractivity contribution in [2.45, 2.75) is 39.0 Å². The molecule has 20 rings (SSSR count). The van der Waals surface area contributed by atoms with Gasteiger partial charge in [-0.1, -0.05) is 188 Å². The lowest BCUT2D eigenvalue weighted by atomic mass is 9.94. The predicted molar refractivity (Wildman–Crippen MR) is 423 cm³/mol. The zero-order valence-electron chi connectivity index (χ0n) is 57.8. The molecule has 15 aromatic rings. The molecule has 0 unspecified atom stereocenters. The molecule has 5 aromatic heterocycles. The van der Waals surface area contributed by atoms with E-state index in [0.29, 0.717) is 11.4 Å². The Kier molecular flexibility index (Phi) is 18.2. The van der Waals surface area contributed by atoms with Gasteiger partial charge in [0.1, 0.15) is 0 Å². The van der Waals surface area contributed by atoms with Crippen LogP contribution < -0.4 is 0 Å². The topological polar surface area (TPSA) is 125 Å². The summed E-state index contributed by atoms with van der Waals surface area (Å²) in [5.41, 5.74) is 40.1. The highest BCUT2D eigenvalue weighted by Gasteiger charge is 2.29. The Hall–Kier alpha value is -14.6. The molecule has 0 saturated carbocycles. The minimum Gasteiger partial charge on any atom is -0.256 e. The van der Waals surface area contributed by atoms with Crippen LogP contribution in [0.2, 0.25) is 0 Å². The summed E-state index contributed by atoms with van der Waals surface area (Å²) < 4.78 is 0. The van der Waals surface area contributed by atoms with Crippen molar-refractivity contribution in [2.24, 2.45) is 0 Å². The van der Waals surface area contributed by atoms with Gasteiger partial charge in [0.25, 0.3) is 0 Å². The first-order valence-corrected chi connectivity index (χ1v) is 35.0. The van der Waals surface area contributed by atoms with Crippen LogP contribution >= 0.6 is 0 Å². The Balaban J connectivity index is 0.000000102. The van der Waals surface area contributed by atoms with Crippen molar-refractivity contribution in [2.75, 3.05) is 0 Å². The smallest absolute Gasteiger partial charge is 0.194 e. The van der Waals surface area contributed by atoms with Crippen LogP contribution in [-0.4, -0.2) is 24.9 Å². The summed E-state index contributed by atoms with van der Waals surface area (Å²) >= 11 is 0. The monoisotopic (exact) mass is 1350 g/mol. The third kappa shape index (κ3) is 12.5. The van der Waals surface area contributed by atoms with E-state index >= 15 is 0 Å². The molecule has 0 N–H and O–H groups in total. The molecular formula is C96H62N10. The fraction of sp³-hybridized carbons (Fsp3) is 0.0625. The summed E-state index contributed by atoms with van der Waals surface area (Å²) in [5.74, 6) is 0. The van der Waals surface area contributed by atoms with E-state index in [1.807, 2.05) is 190 Å². The predicted octanol–water partition coefficient (Wildman–Crippen LogP) is 23.3. The first-order chi connectivity index (χ1) is 52.3. The number of rotatable bonds is 5. The third-order valence-corrected chi connectivity index (χ3v) is 20.4. The van der Waals surface area contributed by atoms with Crippen molar-refractivity contribution in [3.63, 3.8) is 0 Å². The highest BCUT2D eigenvalue weighted by Crippen LogP contribution is 2.49. The summed E-state index contributed by atoms with van der Waals surface area (Å²) in [6.07, 6.45) is 13.4. The average molecular weight is 1360 g/mol. The molecule has 106 heavy (non-hydrogen) atoms. The second kappa shape index (κ2) is 29.2. The zero-order chi connectivity index (χ0) is 72.0. The molecule has 10 heteroatoms. The van der Waals surface area contributed by atoms with Crippen LogP contribution in [0.15, 0.2) is 298 Å². The number of aromatic nitrogens is 5. The number of hydrogen-bond acceptors (Lipinski definition) is 7. The molecule has 0 atom stereocenters. The minimum atomic E-state index is 0.699. The van der Waals surface area contributed by atoms with Gasteiger partial charge in [0.2, 0.25) is 0 Å². The maximum Gasteiger partial charge on any atom is 0.194 e. The van der Waals surface area contributed by atoms with Crippen LogP contribution in [0.4, 0.5) is 17.1 Å². The maximum atomic E-state index is 9.42. The summed E-state index contributed by atoms with van der Waals surface area (Å²) in [5, 5.41) is 18.8. The van der Waals surface area contributed by atoms with Crippen LogP contribution in [0.1, 0.15) is 72.3 Å². The fourth-order valence-corrected chi connectivity index (χ4v) is 15.6. The lowest BCUT2D eigenvalue weighted by Crippen LogP contribution is -1.92. The Morgan fingerprint density at radius 3 is 1.19 bits per heavy atom. The Bertz CT molecular complexity index is 6170. The van der Waals surface area contributed by atoms with Crippen molar-refractivity contribution in [3.8, 4) is 124 Å². The van der Waals surface area contributed by atoms with E-state index in [2.05, 4.69) is 167 Å². The second-order valence-corrected chi connectivity index (χ2v) is 26.3. The second-order valence-electron chi connectivity index (χ2n) is 26.3. The van der Waals surface area contributed by atoms with Gasteiger partial charge in [-0.2, -0.15) is 10.5 Å². The number of aryl methyl sites for hydroxylation is 1. The largest absolute Gasteiger partial charge is 0.256 e. The third-order valence-electron chi connectivity index (χ3n) is 20.4. The van der Waals surface area contributed by atoms with E-state index in [-0.39, 0.29) is 0 Å². The Morgan fingerprint density at radius 2 is 0.651 bits per heavy atom. The first-order valence-electron chi connectivity index (χ1n) is 35.0. The van der Waals surface area contributed by atoms with Crippen LogP contribution in [0, 0.1) is 49.3 Å². The van der Waals surface area contributed by atoms with Crippen LogP contribution in [0.25, 0.3) is 126 Å². The summed E-state index contributed by atoms with van der Waals surface area (Å²) in [6, 6.07) is 94.2. The van der Waals surface area contributed by atoms with Gasteiger partial charge in [0, 0.05) is 69.9 Å². The van der Waals surface area contributed by atoms with E-state index in [1.165, 1.54) is 111 Å². The normalized spacial score (nSPS) is 11.6. The van der Waals surface area contributed by atoms with Gasteiger partial charge in [0.05, 0.1) is 71.5 Å². The van der Waals surface area contributed by atoms with Gasteiger partial charge >= 0.3 is 0 Å². The molecule has 0 spiro atoms. The number of pyridine rings is 5. The highest BCUT2D eigenvalue weighted by molar-refractivity contribution is 5.92. The molecule has 0 fully saturated rings. The molecule has 10 aromatic carbocycles. The standard InChI is InChI=1S/C20H14N2.4C19H12N2/c1-13-9-10-15-14-6-5-7-16(19-8-3-4-11-22-19)17(14)12-18(15)20(13)21-2;1-20-14-8-9-15-13(11-14)12-18-16(15)5-4-6-17(18)19-7-2-3-10-21-19;1-20-14-9-8-13-11-18-15(17(13)12-14)5-4-6-16(18)19-7-2-3-10-21-19;20-12-14-6-3-5-13-11-17-15(18-9-1-2-10-21-18)7-4-8-16(17)19(13)14;20-12-14-8-9-16(18-7-3-4-10-21-18)17-11-13-5-1-2-6-15(13)19(14)17/h3-11H,12H2,1H3;2-11H,12H2;2-10,12H,11H2;2*1-10H,11H2. The molecule has 496 valence electrons. The molecule has 5 aliphatic rings. The Morgan fingerprint density at radius 1 is 0.274 bits per heavy atom. The van der Waals surface area contributed by atoms with Crippen molar-refractivity contribution in [1.82, 2.24) is 24.9 Å². The molecular weight excluding hydrogens is 1290 g/mol. The SMILES string of the molecule is N#Cc1ccc(-c2ccccn2)c2c1-c1ccccc1C2.N#Cc1cccc2c1-c1cccc(-c3ccccn3)c1C2.[C-]#[N+]c1c(C)ccc2c1Cc1c(-c3ccccn3)cccc1-2.[C-]#[N+]c1ccc2c(c1)-c1cccc(-c3ccccn3)c1C2.[C-]#[N+]c1ccc2c(c1)Cc1c(-c3ccccn3)cccc1-2. The lowest BCUT2D eigenvalue weighted by Gasteiger charge is -2.09. The maximum absolute atomic E-state index is 9.42. The molecule has 0 amide bonds. The van der Waals surface area contributed by atoms with Gasteiger partial charge in [0.15, 0.2) is 17.1 Å². The molecule has 0 radical (unpaired) electrons. The number of nitrogens with zero attached hydrogens (tertiary/aromatic N) is 10. The molecule has 0 saturated heterocycles. The van der Waals surface area contributed by atoms with Gasteiger partial charge in [-0.15, -0.1) is 0 Å². The quantitative estimate of drug-likeness (QED) is 0.157. The summed E-state index contributed by atoms with van der Waals surface area (Å²) in [4.78, 5) is 33.2. The van der Waals surface area contributed by atoms with Crippen molar-refractivity contribution >= 4 is 17.1 Å². The summed E-state index contributed by atoms with van der Waals surface area (Å²) in [6.45, 7) is 23.8. The van der Waals surface area contributed by atoms with Crippen molar-refractivity contribution in [3.05, 3.63) is 404 Å². The first kappa shape index (κ1) is 66.0. The zero-order valence-corrected chi connectivity index (χ0v) is 57.8. The molecule has 5 aliphatic carbocycles. The van der Waals surface area contributed by atoms with E-state index in [9.17, 15) is 10.5 Å². The summed E-state index contributed by atoms with van der Waals surface area (Å²) in [7, 11) is 0. The fourth-order valence-electron chi connectivity index (χ4n) is 15.6. The van der Waals surface area contributed by atoms with E-state index in [0.717, 1.165) is 111 Å². The minimum absolute atomic E-state index is 0.699. The number of fused-ring (bicyclic) bond motifs is 15. The van der Waals surface area contributed by atoms with Gasteiger partial charge in [-0.3, -0.25) is 24.9 Å². The van der Waals surface area contributed by atoms with Crippen LogP contribution in [0.3, 0.4) is 0 Å². The van der Waals surface area contributed by atoms with E-state index < -0.39 is 0 Å². The Labute approximate surface area is 616 Å². The molecule has 5 heterocycles. The molecule has 0 aliphatic heterocycles. The van der Waals surface area contributed by atoms with Gasteiger partial charge in [-0.05, 0) is 224 Å². The van der Waals surface area contributed by atoms with Crippen molar-refractivity contribution < 1.29 is 0 Å². The number of hydrogen-bond donors (Lipinski definition) is 0. The van der Waals surface area contributed by atoms with Crippen LogP contribution in [-0.2, 0) is 32.1 Å². The number of nitriles is 2. The van der Waals surface area contributed by atoms with Crippen LogP contribution in [0.5, 0.6) is 0 Å². The number of benzene rings is 10. The van der Waals surface area contributed by atoms with Crippen molar-refractivity contribution in [1.29, 1.82) is 10.5 Å². The molecule has 0 bridgehead atoms. The van der Waals surface area contributed by atoms with E-state index in [4.69, 9.17) is 19.7 Å². The highest BCUT2D eigenvalue weighted by atomic mass is 14.7. The van der Waals surface area contributed by atoms with E-state index in [1.54, 1.807) is 0 Å². The van der Waals surface area contributed by atoms with Gasteiger partial charge in [-0.25, -0.2) is 14.5 Å². The van der Waals surface area contributed by atoms with Gasteiger partial charge < -0.3 is 0 Å². The lowest BCUT2D eigenvalue weighted by molar-refractivity contribution is 1.24. The molecule has 10 nitrogen and oxygen atoms in total.